The molecule has 2 aromatic heterocycles. The maximum Gasteiger partial charge on any atom is 0.421 e. The molecule has 1 aromatic carbocycles. The van der Waals surface area contributed by atoms with E-state index in [1.807, 2.05) is 0 Å². The number of hydrogen-bond donors (Lipinski definition) is 2. The second-order valence-corrected chi connectivity index (χ2v) is 9.12. The van der Waals surface area contributed by atoms with Gasteiger partial charge in [-0.25, -0.2) is 14.8 Å². The van der Waals surface area contributed by atoms with Crippen molar-refractivity contribution in [1.82, 2.24) is 19.9 Å². The number of rotatable bonds is 5. The van der Waals surface area contributed by atoms with E-state index in [-0.39, 0.29) is 48.6 Å². The number of carbonyl (C=O) groups excluding carboxylic acids is 1. The minimum atomic E-state index is -4.84. The van der Waals surface area contributed by atoms with E-state index in [4.69, 9.17) is 4.74 Å². The van der Waals surface area contributed by atoms with E-state index in [0.29, 0.717) is 18.5 Å². The summed E-state index contributed by atoms with van der Waals surface area (Å²) >= 11 is 0. The number of alkyl halides is 6. The number of piperazine rings is 1. The molecule has 2 atom stereocenters. The summed E-state index contributed by atoms with van der Waals surface area (Å²) in [5, 5.41) is 2.74. The molecule has 4 rings (SSSR count). The SMILES string of the molecule is CC(Oc1ccccc1NC(=O)N1CCN(c2ncc(C(F)(F)F)cn2)CC1C)c1c[nH]c(=O)c(C(F)(F)F)c1. The molecular weight excluding hydrogens is 546 g/mol. The van der Waals surface area contributed by atoms with E-state index < -0.39 is 41.2 Å². The van der Waals surface area contributed by atoms with Gasteiger partial charge in [0.05, 0.1) is 11.3 Å². The van der Waals surface area contributed by atoms with Crippen molar-refractivity contribution in [2.75, 3.05) is 29.9 Å². The van der Waals surface area contributed by atoms with Crippen LogP contribution in [0.4, 0.5) is 42.8 Å². The average Bonchev–Trinajstić information content (AvgIpc) is 2.88. The van der Waals surface area contributed by atoms with E-state index in [9.17, 15) is 35.9 Å². The van der Waals surface area contributed by atoms with Gasteiger partial charge < -0.3 is 24.8 Å². The molecule has 40 heavy (non-hydrogen) atoms. The van der Waals surface area contributed by atoms with Crippen molar-refractivity contribution >= 4 is 17.7 Å². The van der Waals surface area contributed by atoms with E-state index in [1.165, 1.54) is 17.9 Å². The number of halogens is 6. The lowest BCUT2D eigenvalue weighted by atomic mass is 10.1. The molecule has 2 amide bonds. The molecule has 2 unspecified atom stereocenters. The van der Waals surface area contributed by atoms with Gasteiger partial charge in [0.15, 0.2) is 0 Å². The Hall–Kier alpha value is -4.30. The van der Waals surface area contributed by atoms with Crippen molar-refractivity contribution in [1.29, 1.82) is 0 Å². The van der Waals surface area contributed by atoms with Crippen molar-refractivity contribution in [3.05, 3.63) is 76.0 Å². The third kappa shape index (κ3) is 6.46. The largest absolute Gasteiger partial charge is 0.484 e. The molecule has 1 saturated heterocycles. The van der Waals surface area contributed by atoms with Gasteiger partial charge in [0, 0.05) is 49.8 Å². The summed E-state index contributed by atoms with van der Waals surface area (Å²) in [5.74, 6) is 0.302. The summed E-state index contributed by atoms with van der Waals surface area (Å²) in [5.41, 5.74) is -3.24. The third-order valence-corrected chi connectivity index (χ3v) is 6.27. The maximum absolute atomic E-state index is 13.2. The van der Waals surface area contributed by atoms with Gasteiger partial charge >= 0.3 is 18.4 Å². The zero-order chi connectivity index (χ0) is 29.2. The van der Waals surface area contributed by atoms with Crippen LogP contribution in [-0.4, -0.2) is 51.6 Å². The van der Waals surface area contributed by atoms with Crippen LogP contribution in [0.2, 0.25) is 0 Å². The first kappa shape index (κ1) is 28.7. The van der Waals surface area contributed by atoms with Gasteiger partial charge in [-0.2, -0.15) is 26.3 Å². The van der Waals surface area contributed by atoms with E-state index in [1.54, 1.807) is 30.0 Å². The monoisotopic (exact) mass is 570 g/mol. The van der Waals surface area contributed by atoms with Crippen LogP contribution in [0, 0.1) is 0 Å². The van der Waals surface area contributed by atoms with Crippen molar-refractivity contribution in [2.45, 2.75) is 38.3 Å². The number of carbonyl (C=O) groups is 1. The van der Waals surface area contributed by atoms with Crippen LogP contribution in [0.15, 0.2) is 53.7 Å². The fourth-order valence-electron chi connectivity index (χ4n) is 4.14. The molecule has 2 N–H and O–H groups in total. The number of H-pyrrole nitrogens is 1. The van der Waals surface area contributed by atoms with Gasteiger partial charge in [0.2, 0.25) is 5.95 Å². The van der Waals surface area contributed by atoms with Gasteiger partial charge in [-0.15, -0.1) is 0 Å². The van der Waals surface area contributed by atoms with Crippen molar-refractivity contribution in [3.63, 3.8) is 0 Å². The van der Waals surface area contributed by atoms with Crippen LogP contribution < -0.4 is 20.5 Å². The number of aromatic amines is 1. The molecular formula is C25H24F6N6O3. The molecule has 3 aromatic rings. The summed E-state index contributed by atoms with van der Waals surface area (Å²) in [6.45, 7) is 4.01. The molecule has 3 heterocycles. The predicted octanol–water partition coefficient (Wildman–Crippen LogP) is 5.09. The number of benzene rings is 1. The van der Waals surface area contributed by atoms with Gasteiger partial charge in [-0.3, -0.25) is 4.79 Å². The summed E-state index contributed by atoms with van der Waals surface area (Å²) in [4.78, 5) is 37.6. The first-order valence-corrected chi connectivity index (χ1v) is 12.0. The Bertz CT molecular complexity index is 1410. The van der Waals surface area contributed by atoms with Gasteiger partial charge in [0.25, 0.3) is 5.56 Å². The summed E-state index contributed by atoms with van der Waals surface area (Å²) in [7, 11) is 0. The number of amides is 2. The molecule has 15 heteroatoms. The number of para-hydroxylation sites is 2. The molecule has 0 bridgehead atoms. The van der Waals surface area contributed by atoms with Crippen molar-refractivity contribution in [2.24, 2.45) is 0 Å². The van der Waals surface area contributed by atoms with Crippen LogP contribution >= 0.6 is 0 Å². The number of hydrogen-bond acceptors (Lipinski definition) is 6. The first-order valence-electron chi connectivity index (χ1n) is 12.0. The van der Waals surface area contributed by atoms with E-state index >= 15 is 0 Å². The summed E-state index contributed by atoms with van der Waals surface area (Å²) in [6.07, 6.45) is -7.75. The second kappa shape index (κ2) is 11.1. The predicted molar refractivity (Wildman–Crippen MR) is 132 cm³/mol. The molecule has 1 fully saturated rings. The van der Waals surface area contributed by atoms with Gasteiger partial charge in [0.1, 0.15) is 17.4 Å². The highest BCUT2D eigenvalue weighted by Gasteiger charge is 2.35. The molecule has 0 aliphatic carbocycles. The molecule has 0 spiro atoms. The Kier molecular flexibility index (Phi) is 7.93. The van der Waals surface area contributed by atoms with Crippen LogP contribution in [0.1, 0.15) is 36.6 Å². The van der Waals surface area contributed by atoms with Crippen LogP contribution in [0.5, 0.6) is 5.75 Å². The normalized spacial score (nSPS) is 16.9. The number of nitrogens with zero attached hydrogens (tertiary/aromatic N) is 4. The van der Waals surface area contributed by atoms with Crippen molar-refractivity contribution in [3.8, 4) is 5.75 Å². The number of ether oxygens (including phenoxy) is 1. The molecule has 1 aliphatic heterocycles. The molecule has 1 aliphatic rings. The molecule has 9 nitrogen and oxygen atoms in total. The summed E-state index contributed by atoms with van der Waals surface area (Å²) < 4.78 is 83.7. The first-order chi connectivity index (χ1) is 18.7. The lowest BCUT2D eigenvalue weighted by molar-refractivity contribution is -0.139. The van der Waals surface area contributed by atoms with Crippen LogP contribution in [-0.2, 0) is 12.4 Å². The second-order valence-electron chi connectivity index (χ2n) is 9.12. The Morgan fingerprint density at radius 2 is 1.77 bits per heavy atom. The highest BCUT2D eigenvalue weighted by atomic mass is 19.4. The zero-order valence-electron chi connectivity index (χ0n) is 21.2. The number of urea groups is 1. The fraction of sp³-hybridized carbons (Fsp3) is 0.360. The molecule has 0 saturated carbocycles. The number of nitrogens with one attached hydrogen (secondary N) is 2. The smallest absolute Gasteiger partial charge is 0.421 e. The van der Waals surface area contributed by atoms with Gasteiger partial charge in [-0.1, -0.05) is 12.1 Å². The van der Waals surface area contributed by atoms with Crippen molar-refractivity contribution < 1.29 is 35.9 Å². The van der Waals surface area contributed by atoms with Crippen LogP contribution in [0.3, 0.4) is 0 Å². The van der Waals surface area contributed by atoms with E-state index in [0.717, 1.165) is 6.20 Å². The lowest BCUT2D eigenvalue weighted by Crippen LogP contribution is -2.55. The maximum atomic E-state index is 13.2. The third-order valence-electron chi connectivity index (χ3n) is 6.27. The number of aromatic nitrogens is 3. The Morgan fingerprint density at radius 1 is 1.10 bits per heavy atom. The summed E-state index contributed by atoms with van der Waals surface area (Å²) in [6, 6.07) is 6.22. The van der Waals surface area contributed by atoms with Gasteiger partial charge in [-0.05, 0) is 32.0 Å². The fourth-order valence-corrected chi connectivity index (χ4v) is 4.14. The van der Waals surface area contributed by atoms with E-state index in [2.05, 4.69) is 20.3 Å². The Balaban J connectivity index is 1.42. The number of anilines is 2. The zero-order valence-corrected chi connectivity index (χ0v) is 21.2. The standard InChI is InChI=1S/C25H24F6N6O3/c1-14-13-36(22-33-11-17(12-34-22)24(26,27)28)7-8-37(14)23(39)35-19-5-3-4-6-20(19)40-15(2)16-9-18(25(29,30)31)21(38)32-10-16/h3-6,9-12,14-15H,7-8,13H2,1-2H3,(H,32,38)(H,35,39). The highest BCUT2D eigenvalue weighted by Crippen LogP contribution is 2.32. The highest BCUT2D eigenvalue weighted by molar-refractivity contribution is 5.91. The molecule has 214 valence electrons. The average molecular weight is 570 g/mol. The lowest BCUT2D eigenvalue weighted by Gasteiger charge is -2.39. The quantitative estimate of drug-likeness (QED) is 0.415. The van der Waals surface area contributed by atoms with Crippen LogP contribution in [0.25, 0.3) is 0 Å². The minimum absolute atomic E-state index is 0.0725. The number of pyridine rings is 1. The molecule has 0 radical (unpaired) electrons. The Morgan fingerprint density at radius 3 is 2.40 bits per heavy atom. The minimum Gasteiger partial charge on any atom is -0.484 e. The topological polar surface area (TPSA) is 103 Å². The Labute approximate surface area is 223 Å².